The molecular formula is C14H19N5OS. The van der Waals surface area contributed by atoms with Crippen molar-refractivity contribution in [3.63, 3.8) is 0 Å². The second-order valence-corrected chi connectivity index (χ2v) is 6.83. The van der Waals surface area contributed by atoms with E-state index in [1.165, 1.54) is 36.3 Å². The maximum Gasteiger partial charge on any atom is 0.229 e. The van der Waals surface area contributed by atoms with Gasteiger partial charge in [-0.05, 0) is 37.1 Å². The van der Waals surface area contributed by atoms with Crippen LogP contribution < -0.4 is 4.90 Å². The summed E-state index contributed by atoms with van der Waals surface area (Å²) in [4.78, 5) is 22.8. The molecule has 1 unspecified atom stereocenters. The SMILES string of the molecule is [N-]=[N+]=NCC1CC(=O)N(c2nc3c(s2)CCCCCC3)C1. The Morgan fingerprint density at radius 2 is 2.14 bits per heavy atom. The smallest absolute Gasteiger partial charge is 0.229 e. The molecule has 0 saturated carbocycles. The third-order valence-corrected chi connectivity index (χ3v) is 5.35. The number of aryl methyl sites for hydroxylation is 2. The predicted molar refractivity (Wildman–Crippen MR) is 82.5 cm³/mol. The molecule has 0 spiro atoms. The van der Waals surface area contributed by atoms with Gasteiger partial charge in [-0.2, -0.15) is 0 Å². The summed E-state index contributed by atoms with van der Waals surface area (Å²) < 4.78 is 0. The van der Waals surface area contributed by atoms with Crippen molar-refractivity contribution in [3.05, 3.63) is 21.0 Å². The Hall–Kier alpha value is -1.59. The highest BCUT2D eigenvalue weighted by atomic mass is 32.1. The van der Waals surface area contributed by atoms with E-state index in [9.17, 15) is 4.79 Å². The van der Waals surface area contributed by atoms with E-state index in [0.29, 0.717) is 19.5 Å². The fraction of sp³-hybridized carbons (Fsp3) is 0.714. The van der Waals surface area contributed by atoms with Crippen molar-refractivity contribution >= 4 is 22.4 Å². The summed E-state index contributed by atoms with van der Waals surface area (Å²) in [5.74, 6) is 0.231. The molecule has 2 aliphatic rings. The van der Waals surface area contributed by atoms with Gasteiger partial charge in [0.05, 0.1) is 5.69 Å². The van der Waals surface area contributed by atoms with Gasteiger partial charge in [0.15, 0.2) is 5.13 Å². The van der Waals surface area contributed by atoms with Crippen LogP contribution in [0.2, 0.25) is 0 Å². The molecule has 1 fully saturated rings. The number of anilines is 1. The maximum absolute atomic E-state index is 12.2. The standard InChI is InChI=1S/C14H19N5OS/c15-18-16-8-10-7-13(20)19(9-10)14-17-11-5-3-1-2-4-6-12(11)21-14/h10H,1-9H2. The summed E-state index contributed by atoms with van der Waals surface area (Å²) >= 11 is 1.68. The van der Waals surface area contributed by atoms with Crippen LogP contribution in [0.25, 0.3) is 10.4 Å². The van der Waals surface area contributed by atoms with Crippen molar-refractivity contribution in [1.29, 1.82) is 0 Å². The van der Waals surface area contributed by atoms with Crippen LogP contribution in [0, 0.1) is 5.92 Å². The summed E-state index contributed by atoms with van der Waals surface area (Å²) in [6.07, 6.45) is 7.59. The lowest BCUT2D eigenvalue weighted by Crippen LogP contribution is -2.24. The first kappa shape index (κ1) is 14.4. The van der Waals surface area contributed by atoms with Crippen molar-refractivity contribution < 1.29 is 4.79 Å². The minimum Gasteiger partial charge on any atom is -0.288 e. The van der Waals surface area contributed by atoms with Crippen molar-refractivity contribution in [2.45, 2.75) is 44.9 Å². The number of hydrogen-bond donors (Lipinski definition) is 0. The molecule has 1 aliphatic heterocycles. The van der Waals surface area contributed by atoms with E-state index in [2.05, 4.69) is 10.0 Å². The van der Waals surface area contributed by atoms with Crippen LogP contribution in [-0.4, -0.2) is 24.0 Å². The second-order valence-electron chi connectivity index (χ2n) is 5.77. The number of azide groups is 1. The van der Waals surface area contributed by atoms with E-state index in [1.54, 1.807) is 16.2 Å². The average molecular weight is 305 g/mol. The number of thiazole rings is 1. The molecule has 1 aromatic heterocycles. The number of hydrogen-bond acceptors (Lipinski definition) is 4. The van der Waals surface area contributed by atoms with Gasteiger partial charge >= 0.3 is 0 Å². The molecule has 0 N–H and O–H groups in total. The highest BCUT2D eigenvalue weighted by Gasteiger charge is 2.32. The van der Waals surface area contributed by atoms with Gasteiger partial charge in [0.1, 0.15) is 0 Å². The Kier molecular flexibility index (Phi) is 4.41. The third-order valence-electron chi connectivity index (χ3n) is 4.17. The number of carbonyl (C=O) groups excluding carboxylic acids is 1. The summed E-state index contributed by atoms with van der Waals surface area (Å²) in [7, 11) is 0. The van der Waals surface area contributed by atoms with E-state index >= 15 is 0 Å². The molecule has 6 nitrogen and oxygen atoms in total. The van der Waals surface area contributed by atoms with E-state index in [4.69, 9.17) is 10.5 Å². The number of amides is 1. The Labute approximate surface area is 127 Å². The zero-order valence-corrected chi connectivity index (χ0v) is 12.8. The molecule has 1 amide bonds. The molecule has 112 valence electrons. The van der Waals surface area contributed by atoms with Crippen LogP contribution in [-0.2, 0) is 17.6 Å². The fourth-order valence-corrected chi connectivity index (χ4v) is 4.22. The van der Waals surface area contributed by atoms with Crippen LogP contribution in [0.3, 0.4) is 0 Å². The molecule has 21 heavy (non-hydrogen) atoms. The van der Waals surface area contributed by atoms with Crippen molar-refractivity contribution in [2.24, 2.45) is 11.0 Å². The molecule has 1 aromatic rings. The normalized spacial score (nSPS) is 22.4. The molecule has 0 aromatic carbocycles. The zero-order chi connectivity index (χ0) is 14.7. The molecule has 1 aliphatic carbocycles. The van der Waals surface area contributed by atoms with Crippen LogP contribution >= 0.6 is 11.3 Å². The molecule has 1 saturated heterocycles. The van der Waals surface area contributed by atoms with Crippen molar-refractivity contribution in [1.82, 2.24) is 4.98 Å². The fourth-order valence-electron chi connectivity index (χ4n) is 3.05. The molecular weight excluding hydrogens is 286 g/mol. The number of nitrogens with zero attached hydrogens (tertiary/aromatic N) is 5. The van der Waals surface area contributed by atoms with Crippen LogP contribution in [0.15, 0.2) is 5.11 Å². The number of rotatable bonds is 3. The quantitative estimate of drug-likeness (QED) is 0.486. The molecule has 1 atom stereocenters. The second kappa shape index (κ2) is 6.45. The van der Waals surface area contributed by atoms with E-state index in [1.807, 2.05) is 0 Å². The molecule has 3 rings (SSSR count). The molecule has 0 bridgehead atoms. The predicted octanol–water partition coefficient (Wildman–Crippen LogP) is 3.47. The van der Waals surface area contributed by atoms with Crippen LogP contribution in [0.1, 0.15) is 42.7 Å². The average Bonchev–Trinajstić information content (AvgIpc) is 3.00. The molecule has 2 heterocycles. The van der Waals surface area contributed by atoms with Crippen LogP contribution in [0.5, 0.6) is 0 Å². The number of fused-ring (bicyclic) bond motifs is 1. The minimum absolute atomic E-state index is 0.106. The van der Waals surface area contributed by atoms with Gasteiger partial charge in [-0.3, -0.25) is 9.69 Å². The van der Waals surface area contributed by atoms with Gasteiger partial charge in [0, 0.05) is 29.3 Å². The number of aromatic nitrogens is 1. The minimum atomic E-state index is 0.106. The van der Waals surface area contributed by atoms with Crippen molar-refractivity contribution in [3.8, 4) is 0 Å². The topological polar surface area (TPSA) is 82.0 Å². The summed E-state index contributed by atoms with van der Waals surface area (Å²) in [6.45, 7) is 1.02. The first-order valence-electron chi connectivity index (χ1n) is 7.57. The van der Waals surface area contributed by atoms with Gasteiger partial charge in [-0.1, -0.05) is 18.0 Å². The lowest BCUT2D eigenvalue weighted by molar-refractivity contribution is -0.117. The first-order valence-corrected chi connectivity index (χ1v) is 8.39. The van der Waals surface area contributed by atoms with Gasteiger partial charge < -0.3 is 0 Å². The highest BCUT2D eigenvalue weighted by molar-refractivity contribution is 7.15. The third kappa shape index (κ3) is 3.19. The Balaban J connectivity index is 1.76. The maximum atomic E-state index is 12.2. The Morgan fingerprint density at radius 3 is 2.95 bits per heavy atom. The van der Waals surface area contributed by atoms with Gasteiger partial charge in [-0.15, -0.1) is 11.3 Å². The molecule has 0 radical (unpaired) electrons. The summed E-state index contributed by atoms with van der Waals surface area (Å²) in [5.41, 5.74) is 9.58. The molecule has 7 heteroatoms. The van der Waals surface area contributed by atoms with Crippen LogP contribution in [0.4, 0.5) is 5.13 Å². The Morgan fingerprint density at radius 1 is 1.33 bits per heavy atom. The lowest BCUT2D eigenvalue weighted by Gasteiger charge is -2.11. The largest absolute Gasteiger partial charge is 0.288 e. The van der Waals surface area contributed by atoms with E-state index in [-0.39, 0.29) is 11.8 Å². The number of carbonyl (C=O) groups is 1. The summed E-state index contributed by atoms with van der Waals surface area (Å²) in [6, 6.07) is 0. The first-order chi connectivity index (χ1) is 10.3. The van der Waals surface area contributed by atoms with Gasteiger partial charge in [-0.25, -0.2) is 4.98 Å². The van der Waals surface area contributed by atoms with Crippen molar-refractivity contribution in [2.75, 3.05) is 18.0 Å². The monoisotopic (exact) mass is 305 g/mol. The van der Waals surface area contributed by atoms with Gasteiger partial charge in [0.2, 0.25) is 5.91 Å². The van der Waals surface area contributed by atoms with E-state index in [0.717, 1.165) is 18.0 Å². The highest BCUT2D eigenvalue weighted by Crippen LogP contribution is 2.33. The summed E-state index contributed by atoms with van der Waals surface area (Å²) in [5, 5.41) is 4.43. The Bertz CT molecular complexity index is 552. The lowest BCUT2D eigenvalue weighted by atomic mass is 10.0. The van der Waals surface area contributed by atoms with Gasteiger partial charge in [0.25, 0.3) is 0 Å². The van der Waals surface area contributed by atoms with E-state index < -0.39 is 0 Å². The zero-order valence-electron chi connectivity index (χ0n) is 12.0.